The number of halogens is 2. The molecule has 2 heterocycles. The average molecular weight is 383 g/mol. The van der Waals surface area contributed by atoms with Crippen LogP contribution in [-0.4, -0.2) is 60.1 Å². The van der Waals surface area contributed by atoms with Crippen LogP contribution in [0.5, 0.6) is 0 Å². The predicted molar refractivity (Wildman–Crippen MR) is 79.4 cm³/mol. The molecular formula is C14H16Cl2O8. The van der Waals surface area contributed by atoms with Gasteiger partial charge in [-0.25, -0.2) is 0 Å². The van der Waals surface area contributed by atoms with Crippen molar-refractivity contribution in [1.82, 2.24) is 0 Å². The number of fused-ring (bicyclic) bond motifs is 1. The summed E-state index contributed by atoms with van der Waals surface area (Å²) in [6, 6.07) is 0. The summed E-state index contributed by atoms with van der Waals surface area (Å²) in [5.41, 5.74) is 0. The van der Waals surface area contributed by atoms with Gasteiger partial charge in [0.15, 0.2) is 12.2 Å². The molecule has 24 heavy (non-hydrogen) atoms. The Labute approximate surface area is 147 Å². The van der Waals surface area contributed by atoms with E-state index in [2.05, 4.69) is 0 Å². The van der Waals surface area contributed by atoms with Crippen molar-refractivity contribution in [2.75, 3.05) is 13.2 Å². The largest absolute Gasteiger partial charge is 0.457 e. The summed E-state index contributed by atoms with van der Waals surface area (Å²) in [6.07, 6.45) is -2.84. The summed E-state index contributed by atoms with van der Waals surface area (Å²) in [6.45, 7) is 0.203. The molecule has 0 saturated carbocycles. The van der Waals surface area contributed by atoms with E-state index in [0.29, 0.717) is 0 Å². The lowest BCUT2D eigenvalue weighted by Gasteiger charge is -2.17. The Morgan fingerprint density at radius 1 is 0.750 bits per heavy atom. The van der Waals surface area contributed by atoms with Gasteiger partial charge in [-0.2, -0.15) is 0 Å². The van der Waals surface area contributed by atoms with Crippen LogP contribution in [0.2, 0.25) is 0 Å². The van der Waals surface area contributed by atoms with E-state index in [1.165, 1.54) is 0 Å². The van der Waals surface area contributed by atoms with E-state index in [-0.39, 0.29) is 38.9 Å². The molecule has 10 heteroatoms. The molecule has 0 aliphatic carbocycles. The van der Waals surface area contributed by atoms with Crippen molar-refractivity contribution in [3.05, 3.63) is 0 Å². The second-order valence-electron chi connectivity index (χ2n) is 5.36. The minimum atomic E-state index is -0.638. The summed E-state index contributed by atoms with van der Waals surface area (Å²) in [4.78, 5) is 44.5. The maximum absolute atomic E-state index is 11.6. The molecule has 2 aliphatic rings. The molecular weight excluding hydrogens is 367 g/mol. The smallest absolute Gasteiger partial charge is 0.306 e. The first-order valence-corrected chi connectivity index (χ1v) is 8.11. The lowest BCUT2D eigenvalue weighted by Crippen LogP contribution is -2.36. The standard InChI is InChI=1S/C14H16Cl2O8/c15-9(17)1-3-11(19)23-7-5-21-14-8(6-22-13(7)14)24-12(20)4-2-10(16)18/h7-8,13-14H,1-6H2. The molecule has 0 spiro atoms. The molecule has 0 aromatic heterocycles. The van der Waals surface area contributed by atoms with Crippen LogP contribution < -0.4 is 0 Å². The Kier molecular flexibility index (Phi) is 6.97. The van der Waals surface area contributed by atoms with Crippen LogP contribution in [-0.2, 0) is 38.1 Å². The van der Waals surface area contributed by atoms with Gasteiger partial charge in [0, 0.05) is 12.8 Å². The molecule has 4 unspecified atom stereocenters. The summed E-state index contributed by atoms with van der Waals surface area (Å²) >= 11 is 10.3. The van der Waals surface area contributed by atoms with E-state index >= 15 is 0 Å². The van der Waals surface area contributed by atoms with Crippen molar-refractivity contribution in [3.63, 3.8) is 0 Å². The number of carbonyl (C=O) groups is 4. The molecule has 2 saturated heterocycles. The van der Waals surface area contributed by atoms with Gasteiger partial charge in [-0.05, 0) is 23.2 Å². The second-order valence-corrected chi connectivity index (χ2v) is 6.21. The van der Waals surface area contributed by atoms with Crippen molar-refractivity contribution in [2.24, 2.45) is 0 Å². The average Bonchev–Trinajstić information content (AvgIpc) is 3.07. The monoisotopic (exact) mass is 382 g/mol. The van der Waals surface area contributed by atoms with E-state index < -0.39 is 46.8 Å². The number of hydrogen-bond donors (Lipinski definition) is 0. The van der Waals surface area contributed by atoms with E-state index in [1.807, 2.05) is 0 Å². The van der Waals surface area contributed by atoms with Gasteiger partial charge in [-0.15, -0.1) is 0 Å². The molecule has 2 aliphatic heterocycles. The SMILES string of the molecule is O=C(Cl)CCC(=O)OC1COC2C(OC(=O)CCC(=O)Cl)COC12. The lowest BCUT2D eigenvalue weighted by atomic mass is 10.1. The first-order chi connectivity index (χ1) is 11.4. The summed E-state index contributed by atoms with van der Waals surface area (Å²) in [5, 5.41) is -1.24. The van der Waals surface area contributed by atoms with Gasteiger partial charge in [-0.1, -0.05) is 0 Å². The Morgan fingerprint density at radius 3 is 1.46 bits per heavy atom. The molecule has 0 amide bonds. The van der Waals surface area contributed by atoms with E-state index in [4.69, 9.17) is 42.1 Å². The highest BCUT2D eigenvalue weighted by molar-refractivity contribution is 6.63. The number of carbonyl (C=O) groups excluding carboxylic acids is 4. The van der Waals surface area contributed by atoms with Gasteiger partial charge in [0.25, 0.3) is 0 Å². The quantitative estimate of drug-likeness (QED) is 0.446. The third-order valence-corrected chi connectivity index (χ3v) is 3.96. The molecule has 0 bridgehead atoms. The van der Waals surface area contributed by atoms with Crippen molar-refractivity contribution in [2.45, 2.75) is 50.1 Å². The van der Waals surface area contributed by atoms with Gasteiger partial charge >= 0.3 is 11.9 Å². The van der Waals surface area contributed by atoms with E-state index in [0.717, 1.165) is 0 Å². The molecule has 0 aromatic carbocycles. The lowest BCUT2D eigenvalue weighted by molar-refractivity contribution is -0.156. The molecule has 134 valence electrons. The van der Waals surface area contributed by atoms with Gasteiger partial charge in [0.05, 0.1) is 26.1 Å². The fourth-order valence-corrected chi connectivity index (χ4v) is 2.68. The minimum Gasteiger partial charge on any atom is -0.457 e. The van der Waals surface area contributed by atoms with Crippen LogP contribution in [0.3, 0.4) is 0 Å². The molecule has 0 aromatic rings. The number of ether oxygens (including phenoxy) is 4. The molecule has 2 rings (SSSR count). The van der Waals surface area contributed by atoms with Gasteiger partial charge < -0.3 is 18.9 Å². The third kappa shape index (κ3) is 5.41. The highest BCUT2D eigenvalue weighted by atomic mass is 35.5. The molecule has 0 radical (unpaired) electrons. The molecule has 0 N–H and O–H groups in total. The van der Waals surface area contributed by atoms with Crippen molar-refractivity contribution in [1.29, 1.82) is 0 Å². The third-order valence-electron chi connectivity index (χ3n) is 3.58. The van der Waals surface area contributed by atoms with Gasteiger partial charge in [0.1, 0.15) is 12.2 Å². The zero-order chi connectivity index (χ0) is 17.7. The first-order valence-electron chi connectivity index (χ1n) is 7.35. The number of hydrogen-bond acceptors (Lipinski definition) is 8. The topological polar surface area (TPSA) is 105 Å². The van der Waals surface area contributed by atoms with E-state index in [9.17, 15) is 19.2 Å². The van der Waals surface area contributed by atoms with Crippen LogP contribution in [0, 0.1) is 0 Å². The maximum atomic E-state index is 11.6. The van der Waals surface area contributed by atoms with E-state index in [1.54, 1.807) is 0 Å². The molecule has 2 fully saturated rings. The van der Waals surface area contributed by atoms with Crippen LogP contribution in [0.1, 0.15) is 25.7 Å². The Balaban J connectivity index is 1.78. The Bertz CT molecular complexity index is 477. The highest BCUT2D eigenvalue weighted by Gasteiger charge is 2.51. The van der Waals surface area contributed by atoms with Crippen molar-refractivity contribution in [3.8, 4) is 0 Å². The zero-order valence-corrected chi connectivity index (χ0v) is 14.1. The highest BCUT2D eigenvalue weighted by Crippen LogP contribution is 2.31. The van der Waals surface area contributed by atoms with Gasteiger partial charge in [-0.3, -0.25) is 19.2 Å². The normalized spacial score (nSPS) is 28.2. The summed E-state index contributed by atoms with van der Waals surface area (Å²) in [5.74, 6) is -1.16. The number of rotatable bonds is 8. The maximum Gasteiger partial charge on any atom is 0.306 e. The van der Waals surface area contributed by atoms with Crippen LogP contribution in [0.25, 0.3) is 0 Å². The van der Waals surface area contributed by atoms with Crippen molar-refractivity contribution < 1.29 is 38.1 Å². The Morgan fingerprint density at radius 2 is 1.12 bits per heavy atom. The van der Waals surface area contributed by atoms with Crippen LogP contribution >= 0.6 is 23.2 Å². The summed E-state index contributed by atoms with van der Waals surface area (Å²) in [7, 11) is 0. The van der Waals surface area contributed by atoms with Gasteiger partial charge in [0.2, 0.25) is 10.5 Å². The minimum absolute atomic E-state index is 0.101. The fourth-order valence-electron chi connectivity index (χ4n) is 2.49. The first kappa shape index (κ1) is 19.1. The van der Waals surface area contributed by atoms with Crippen LogP contribution in [0.4, 0.5) is 0 Å². The van der Waals surface area contributed by atoms with Crippen molar-refractivity contribution >= 4 is 45.6 Å². The fraction of sp³-hybridized carbons (Fsp3) is 0.714. The Hall–Kier alpha value is -1.22. The second kappa shape index (κ2) is 8.75. The predicted octanol–water partition coefficient (Wildman–Crippen LogP) is 0.699. The van der Waals surface area contributed by atoms with Crippen LogP contribution in [0.15, 0.2) is 0 Å². The molecule has 8 nitrogen and oxygen atoms in total. The zero-order valence-electron chi connectivity index (χ0n) is 12.6. The number of esters is 2. The molecule has 4 atom stereocenters. The summed E-state index contributed by atoms with van der Waals surface area (Å²) < 4.78 is 21.4.